The van der Waals surface area contributed by atoms with Crippen molar-refractivity contribution >= 4 is 10.0 Å². The third-order valence-corrected chi connectivity index (χ3v) is 3.91. The average molecular weight is 270 g/mol. The van der Waals surface area contributed by atoms with Crippen molar-refractivity contribution in [1.82, 2.24) is 5.32 Å². The minimum atomic E-state index is -3.33. The highest BCUT2D eigenvalue weighted by atomic mass is 32.2. The van der Waals surface area contributed by atoms with Crippen molar-refractivity contribution in [3.63, 3.8) is 0 Å². The van der Waals surface area contributed by atoms with Gasteiger partial charge in [0.15, 0.2) is 0 Å². The minimum absolute atomic E-state index is 0.0336. The van der Waals surface area contributed by atoms with Crippen LogP contribution in [0.25, 0.3) is 0 Å². The van der Waals surface area contributed by atoms with Crippen LogP contribution in [0.4, 0.5) is 0 Å². The van der Waals surface area contributed by atoms with Crippen molar-refractivity contribution in [2.24, 2.45) is 5.14 Å². The van der Waals surface area contributed by atoms with E-state index in [4.69, 9.17) is 5.14 Å². The topological polar surface area (TPSA) is 72.2 Å². The highest BCUT2D eigenvalue weighted by molar-refractivity contribution is 7.89. The molecule has 102 valence electrons. The lowest BCUT2D eigenvalue weighted by molar-refractivity contribution is 0.590. The molecule has 0 unspecified atom stereocenters. The Kier molecular flexibility index (Phi) is 5.31. The summed E-state index contributed by atoms with van der Waals surface area (Å²) in [6.45, 7) is 7.71. The highest BCUT2D eigenvalue weighted by Crippen LogP contribution is 2.14. The van der Waals surface area contributed by atoms with Gasteiger partial charge < -0.3 is 5.32 Å². The van der Waals surface area contributed by atoms with Gasteiger partial charge in [-0.3, -0.25) is 0 Å². The van der Waals surface area contributed by atoms with Crippen molar-refractivity contribution in [2.75, 3.05) is 12.3 Å². The molecule has 18 heavy (non-hydrogen) atoms. The van der Waals surface area contributed by atoms with Gasteiger partial charge in [0, 0.05) is 6.54 Å². The van der Waals surface area contributed by atoms with E-state index in [9.17, 15) is 8.42 Å². The molecule has 0 bridgehead atoms. The van der Waals surface area contributed by atoms with E-state index in [0.29, 0.717) is 13.0 Å². The Hall–Kier alpha value is -0.910. The average Bonchev–Trinajstić information content (AvgIpc) is 2.23. The van der Waals surface area contributed by atoms with Gasteiger partial charge in [0.2, 0.25) is 10.0 Å². The molecule has 4 nitrogen and oxygen atoms in total. The monoisotopic (exact) mass is 270 g/mol. The molecule has 0 aliphatic heterocycles. The molecule has 0 aliphatic carbocycles. The normalized spacial score (nSPS) is 11.8. The van der Waals surface area contributed by atoms with E-state index in [1.807, 2.05) is 0 Å². The summed E-state index contributed by atoms with van der Waals surface area (Å²) in [6, 6.07) is 4.36. The molecule has 0 fully saturated rings. The first-order valence-corrected chi connectivity index (χ1v) is 7.79. The molecule has 3 N–H and O–H groups in total. The third-order valence-electron chi connectivity index (χ3n) is 3.05. The molecule has 0 aliphatic rings. The Labute approximate surface area is 110 Å². The first-order valence-electron chi connectivity index (χ1n) is 6.07. The third kappa shape index (κ3) is 5.16. The lowest BCUT2D eigenvalue weighted by Gasteiger charge is -2.10. The van der Waals surface area contributed by atoms with Crippen LogP contribution in [-0.2, 0) is 16.6 Å². The summed E-state index contributed by atoms with van der Waals surface area (Å²) in [6.07, 6.45) is 0.544. The number of hydrogen-bond acceptors (Lipinski definition) is 3. The zero-order valence-corrected chi connectivity index (χ0v) is 12.1. The molecule has 1 aromatic carbocycles. The zero-order chi connectivity index (χ0) is 13.8. The van der Waals surface area contributed by atoms with Gasteiger partial charge in [-0.15, -0.1) is 0 Å². The molecule has 0 amide bonds. The number of nitrogens with two attached hydrogens (primary N) is 1. The van der Waals surface area contributed by atoms with Crippen LogP contribution >= 0.6 is 0 Å². The Morgan fingerprint density at radius 3 is 2.33 bits per heavy atom. The van der Waals surface area contributed by atoms with E-state index in [0.717, 1.165) is 6.54 Å². The van der Waals surface area contributed by atoms with Gasteiger partial charge in [0.25, 0.3) is 0 Å². The predicted molar refractivity (Wildman–Crippen MR) is 75.0 cm³/mol. The molecular formula is C13H22N2O2S. The van der Waals surface area contributed by atoms with Crippen LogP contribution in [0.3, 0.4) is 0 Å². The molecular weight excluding hydrogens is 248 g/mol. The summed E-state index contributed by atoms with van der Waals surface area (Å²) in [4.78, 5) is 0. The van der Waals surface area contributed by atoms with Crippen LogP contribution in [0.5, 0.6) is 0 Å². The van der Waals surface area contributed by atoms with Crippen LogP contribution in [0.1, 0.15) is 28.7 Å². The van der Waals surface area contributed by atoms with Gasteiger partial charge in [-0.2, -0.15) is 0 Å². The maximum absolute atomic E-state index is 10.8. The summed E-state index contributed by atoms with van der Waals surface area (Å²) in [5, 5.41) is 8.18. The largest absolute Gasteiger partial charge is 0.313 e. The Morgan fingerprint density at radius 1 is 1.11 bits per heavy atom. The van der Waals surface area contributed by atoms with E-state index in [1.54, 1.807) is 0 Å². The number of rotatable bonds is 6. The lowest BCUT2D eigenvalue weighted by atomic mass is 10.0. The Balaban J connectivity index is 2.43. The van der Waals surface area contributed by atoms with Crippen molar-refractivity contribution in [3.05, 3.63) is 34.4 Å². The number of aryl methyl sites for hydroxylation is 3. The Morgan fingerprint density at radius 2 is 1.72 bits per heavy atom. The maximum atomic E-state index is 10.8. The van der Waals surface area contributed by atoms with Crippen LogP contribution in [0.15, 0.2) is 12.1 Å². The smallest absolute Gasteiger partial charge is 0.209 e. The summed E-state index contributed by atoms with van der Waals surface area (Å²) in [5.74, 6) is 0.0336. The molecule has 0 heterocycles. The number of nitrogens with one attached hydrogen (secondary N) is 1. The van der Waals surface area contributed by atoms with Crippen molar-refractivity contribution in [2.45, 2.75) is 33.7 Å². The minimum Gasteiger partial charge on any atom is -0.313 e. The molecule has 0 saturated carbocycles. The summed E-state index contributed by atoms with van der Waals surface area (Å²) in [5.41, 5.74) is 5.10. The fraction of sp³-hybridized carbons (Fsp3) is 0.538. The molecule has 0 spiro atoms. The van der Waals surface area contributed by atoms with E-state index < -0.39 is 10.0 Å². The standard InChI is InChI=1S/C13H22N2O2S/c1-10-7-12(3)13(8-11(10)2)9-15-5-4-6-18(14,16)17/h7-8,15H,4-6,9H2,1-3H3,(H2,14,16,17). The predicted octanol–water partition coefficient (Wildman–Crippen LogP) is 1.38. The van der Waals surface area contributed by atoms with Crippen LogP contribution in [0, 0.1) is 20.8 Å². The first-order chi connectivity index (χ1) is 8.29. The van der Waals surface area contributed by atoms with Gasteiger partial charge in [0.05, 0.1) is 5.75 Å². The van der Waals surface area contributed by atoms with E-state index in [2.05, 4.69) is 38.2 Å². The van der Waals surface area contributed by atoms with Gasteiger partial charge in [0.1, 0.15) is 0 Å². The second-order valence-corrected chi connectivity index (χ2v) is 6.49. The molecule has 1 aromatic rings. The number of primary sulfonamides is 1. The first kappa shape index (κ1) is 15.1. The quantitative estimate of drug-likeness (QED) is 0.767. The highest BCUT2D eigenvalue weighted by Gasteiger charge is 2.03. The van der Waals surface area contributed by atoms with Gasteiger partial charge in [-0.1, -0.05) is 12.1 Å². The molecule has 0 atom stereocenters. The van der Waals surface area contributed by atoms with Gasteiger partial charge >= 0.3 is 0 Å². The summed E-state index contributed by atoms with van der Waals surface area (Å²) in [7, 11) is -3.33. The van der Waals surface area contributed by atoms with Crippen molar-refractivity contribution < 1.29 is 8.42 Å². The molecule has 0 saturated heterocycles. The maximum Gasteiger partial charge on any atom is 0.209 e. The van der Waals surface area contributed by atoms with Gasteiger partial charge in [-0.25, -0.2) is 13.6 Å². The van der Waals surface area contributed by atoms with E-state index in [-0.39, 0.29) is 5.75 Å². The van der Waals surface area contributed by atoms with Crippen LogP contribution in [-0.4, -0.2) is 20.7 Å². The summed E-state index contributed by atoms with van der Waals surface area (Å²) >= 11 is 0. The van der Waals surface area contributed by atoms with Crippen molar-refractivity contribution in [1.29, 1.82) is 0 Å². The number of benzene rings is 1. The van der Waals surface area contributed by atoms with E-state index in [1.165, 1.54) is 22.3 Å². The van der Waals surface area contributed by atoms with Crippen LogP contribution < -0.4 is 10.5 Å². The molecule has 1 rings (SSSR count). The SMILES string of the molecule is Cc1cc(C)c(CNCCCS(N)(=O)=O)cc1C. The number of hydrogen-bond donors (Lipinski definition) is 2. The zero-order valence-electron chi connectivity index (χ0n) is 11.3. The second kappa shape index (κ2) is 6.31. The fourth-order valence-electron chi connectivity index (χ4n) is 1.83. The Bertz CT molecular complexity index is 510. The summed E-state index contributed by atoms with van der Waals surface area (Å²) < 4.78 is 21.5. The fourth-order valence-corrected chi connectivity index (χ4v) is 2.38. The van der Waals surface area contributed by atoms with E-state index >= 15 is 0 Å². The molecule has 5 heteroatoms. The molecule has 0 radical (unpaired) electrons. The van der Waals surface area contributed by atoms with Crippen molar-refractivity contribution in [3.8, 4) is 0 Å². The van der Waals surface area contributed by atoms with Crippen LogP contribution in [0.2, 0.25) is 0 Å². The number of sulfonamides is 1. The second-order valence-electron chi connectivity index (χ2n) is 4.76. The lowest BCUT2D eigenvalue weighted by Crippen LogP contribution is -2.22. The molecule has 0 aromatic heterocycles. The van der Waals surface area contributed by atoms with Gasteiger partial charge in [-0.05, 0) is 56.0 Å².